The summed E-state index contributed by atoms with van der Waals surface area (Å²) < 4.78 is 0. The molecule has 0 saturated carbocycles. The average Bonchev–Trinajstić information content (AvgIpc) is 2.50. The summed E-state index contributed by atoms with van der Waals surface area (Å²) in [4.78, 5) is 27.5. The van der Waals surface area contributed by atoms with E-state index in [1.54, 1.807) is 19.2 Å². The van der Waals surface area contributed by atoms with Gasteiger partial charge in [-0.05, 0) is 17.7 Å². The molecule has 0 unspecified atom stereocenters. The molecule has 1 saturated heterocycles. The number of halogens is 1. The maximum Gasteiger partial charge on any atom is 0.233 e. The smallest absolute Gasteiger partial charge is 0.233 e. The van der Waals surface area contributed by atoms with E-state index in [1.807, 2.05) is 17.0 Å². The highest BCUT2D eigenvalue weighted by Crippen LogP contribution is 2.11. The number of hydrogen-bond acceptors (Lipinski definition) is 3. The van der Waals surface area contributed by atoms with Crippen LogP contribution in [0.15, 0.2) is 24.3 Å². The molecule has 1 heterocycles. The molecule has 1 aliphatic heterocycles. The predicted octanol–water partition coefficient (Wildman–Crippen LogP) is 0.773. The number of carbonyl (C=O) groups is 2. The van der Waals surface area contributed by atoms with Crippen LogP contribution in [0.5, 0.6) is 0 Å². The lowest BCUT2D eigenvalue weighted by Gasteiger charge is -2.34. The van der Waals surface area contributed by atoms with Gasteiger partial charge in [-0.15, -0.1) is 0 Å². The first-order valence-electron chi connectivity index (χ1n) is 7.03. The molecule has 114 valence electrons. The van der Waals surface area contributed by atoms with Crippen molar-refractivity contribution in [3.8, 4) is 0 Å². The lowest BCUT2D eigenvalue weighted by atomic mass is 10.1. The Hall–Kier alpha value is -1.59. The number of benzene rings is 1. The van der Waals surface area contributed by atoms with Crippen molar-refractivity contribution >= 4 is 23.4 Å². The van der Waals surface area contributed by atoms with Crippen molar-refractivity contribution in [2.45, 2.75) is 6.42 Å². The molecule has 0 radical (unpaired) electrons. The minimum Gasteiger partial charge on any atom is -0.358 e. The summed E-state index contributed by atoms with van der Waals surface area (Å²) in [7, 11) is 1.63. The zero-order valence-corrected chi connectivity index (χ0v) is 12.9. The second-order valence-electron chi connectivity index (χ2n) is 5.13. The largest absolute Gasteiger partial charge is 0.358 e. The van der Waals surface area contributed by atoms with Gasteiger partial charge < -0.3 is 10.2 Å². The highest BCUT2D eigenvalue weighted by atomic mass is 35.5. The summed E-state index contributed by atoms with van der Waals surface area (Å²) in [5.74, 6) is 0.132. The lowest BCUT2D eigenvalue weighted by molar-refractivity contribution is -0.132. The zero-order valence-electron chi connectivity index (χ0n) is 12.1. The topological polar surface area (TPSA) is 52.7 Å². The molecule has 1 aliphatic rings. The van der Waals surface area contributed by atoms with Gasteiger partial charge in [-0.1, -0.05) is 23.7 Å². The fourth-order valence-corrected chi connectivity index (χ4v) is 2.45. The minimum absolute atomic E-state index is 0.0101. The SMILES string of the molecule is CNC(=O)CN1CCN(C(=O)Cc2ccc(Cl)cc2)CC1. The van der Waals surface area contributed by atoms with E-state index >= 15 is 0 Å². The van der Waals surface area contributed by atoms with Crippen LogP contribution >= 0.6 is 11.6 Å². The Morgan fingerprint density at radius 3 is 2.33 bits per heavy atom. The summed E-state index contributed by atoms with van der Waals surface area (Å²) >= 11 is 5.83. The van der Waals surface area contributed by atoms with E-state index in [4.69, 9.17) is 11.6 Å². The van der Waals surface area contributed by atoms with E-state index in [0.717, 1.165) is 18.7 Å². The van der Waals surface area contributed by atoms with Crippen molar-refractivity contribution in [2.24, 2.45) is 0 Å². The number of hydrogen-bond donors (Lipinski definition) is 1. The first kappa shape index (κ1) is 15.8. The van der Waals surface area contributed by atoms with Gasteiger partial charge in [0.05, 0.1) is 13.0 Å². The molecule has 2 rings (SSSR count). The van der Waals surface area contributed by atoms with Crippen LogP contribution in [0.3, 0.4) is 0 Å². The second-order valence-corrected chi connectivity index (χ2v) is 5.57. The van der Waals surface area contributed by atoms with Crippen LogP contribution in [0, 0.1) is 0 Å². The summed E-state index contributed by atoms with van der Waals surface area (Å²) in [5, 5.41) is 3.29. The Kier molecular flexibility index (Phi) is 5.59. The normalized spacial score (nSPS) is 15.8. The fourth-order valence-electron chi connectivity index (χ4n) is 2.33. The van der Waals surface area contributed by atoms with Crippen LogP contribution in [0.4, 0.5) is 0 Å². The van der Waals surface area contributed by atoms with Gasteiger partial charge >= 0.3 is 0 Å². The zero-order chi connectivity index (χ0) is 15.2. The lowest BCUT2D eigenvalue weighted by Crippen LogP contribution is -2.51. The number of nitrogens with one attached hydrogen (secondary N) is 1. The molecule has 1 N–H and O–H groups in total. The monoisotopic (exact) mass is 309 g/mol. The number of amides is 2. The van der Waals surface area contributed by atoms with E-state index in [-0.39, 0.29) is 11.8 Å². The maximum absolute atomic E-state index is 12.2. The Morgan fingerprint density at radius 2 is 1.76 bits per heavy atom. The molecule has 0 spiro atoms. The van der Waals surface area contributed by atoms with Gasteiger partial charge in [-0.25, -0.2) is 0 Å². The van der Waals surface area contributed by atoms with Crippen LogP contribution in [0.1, 0.15) is 5.56 Å². The molecule has 0 atom stereocenters. The minimum atomic E-state index is 0.0101. The van der Waals surface area contributed by atoms with Crippen LogP contribution in [-0.4, -0.2) is 61.4 Å². The third kappa shape index (κ3) is 4.72. The molecular formula is C15H20ClN3O2. The molecular weight excluding hydrogens is 290 g/mol. The summed E-state index contributed by atoms with van der Waals surface area (Å²) in [5.41, 5.74) is 0.970. The first-order valence-corrected chi connectivity index (χ1v) is 7.41. The molecule has 21 heavy (non-hydrogen) atoms. The maximum atomic E-state index is 12.2. The number of piperazine rings is 1. The van der Waals surface area contributed by atoms with Gasteiger partial charge in [-0.2, -0.15) is 0 Å². The fraction of sp³-hybridized carbons (Fsp3) is 0.467. The van der Waals surface area contributed by atoms with Crippen molar-refractivity contribution in [2.75, 3.05) is 39.8 Å². The van der Waals surface area contributed by atoms with E-state index in [1.165, 1.54) is 0 Å². The van der Waals surface area contributed by atoms with E-state index < -0.39 is 0 Å². The van der Waals surface area contributed by atoms with Crippen molar-refractivity contribution in [3.05, 3.63) is 34.9 Å². The number of likely N-dealkylation sites (N-methyl/N-ethyl adjacent to an activating group) is 1. The standard InChI is InChI=1S/C15H20ClN3O2/c1-17-14(20)11-18-6-8-19(9-7-18)15(21)10-12-2-4-13(16)5-3-12/h2-5H,6-11H2,1H3,(H,17,20). The van der Waals surface area contributed by atoms with E-state index in [2.05, 4.69) is 10.2 Å². The molecule has 0 aromatic heterocycles. The first-order chi connectivity index (χ1) is 10.1. The van der Waals surface area contributed by atoms with Crippen LogP contribution in [0.2, 0.25) is 5.02 Å². The van der Waals surface area contributed by atoms with E-state index in [0.29, 0.717) is 31.1 Å². The van der Waals surface area contributed by atoms with Crippen molar-refractivity contribution in [1.29, 1.82) is 0 Å². The molecule has 2 amide bonds. The van der Waals surface area contributed by atoms with Gasteiger partial charge in [-0.3, -0.25) is 14.5 Å². The quantitative estimate of drug-likeness (QED) is 0.894. The Labute approximate surface area is 129 Å². The second kappa shape index (κ2) is 7.43. The predicted molar refractivity (Wildman–Crippen MR) is 82.2 cm³/mol. The van der Waals surface area contributed by atoms with Crippen LogP contribution in [-0.2, 0) is 16.0 Å². The van der Waals surface area contributed by atoms with Crippen molar-refractivity contribution < 1.29 is 9.59 Å². The third-order valence-corrected chi connectivity index (χ3v) is 3.89. The van der Waals surface area contributed by atoms with Crippen molar-refractivity contribution in [1.82, 2.24) is 15.1 Å². The Bertz CT molecular complexity index is 496. The molecule has 1 aromatic carbocycles. The highest BCUT2D eigenvalue weighted by Gasteiger charge is 2.22. The Balaban J connectivity index is 1.80. The number of rotatable bonds is 4. The third-order valence-electron chi connectivity index (χ3n) is 3.64. The molecule has 1 fully saturated rings. The number of nitrogens with zero attached hydrogens (tertiary/aromatic N) is 2. The molecule has 1 aromatic rings. The highest BCUT2D eigenvalue weighted by molar-refractivity contribution is 6.30. The van der Waals surface area contributed by atoms with Gasteiger partial charge in [0, 0.05) is 38.2 Å². The van der Waals surface area contributed by atoms with Gasteiger partial charge in [0.25, 0.3) is 0 Å². The molecule has 6 heteroatoms. The number of carbonyl (C=O) groups excluding carboxylic acids is 2. The molecule has 0 aliphatic carbocycles. The van der Waals surface area contributed by atoms with E-state index in [9.17, 15) is 9.59 Å². The van der Waals surface area contributed by atoms with Gasteiger partial charge in [0.2, 0.25) is 11.8 Å². The molecule has 5 nitrogen and oxygen atoms in total. The molecule has 0 bridgehead atoms. The van der Waals surface area contributed by atoms with Gasteiger partial charge in [0.1, 0.15) is 0 Å². The summed E-state index contributed by atoms with van der Waals surface area (Å²) in [6.07, 6.45) is 0.395. The van der Waals surface area contributed by atoms with Gasteiger partial charge in [0.15, 0.2) is 0 Å². The Morgan fingerprint density at radius 1 is 1.14 bits per heavy atom. The van der Waals surface area contributed by atoms with Crippen molar-refractivity contribution in [3.63, 3.8) is 0 Å². The average molecular weight is 310 g/mol. The van der Waals surface area contributed by atoms with Crippen LogP contribution < -0.4 is 5.32 Å². The van der Waals surface area contributed by atoms with Crippen LogP contribution in [0.25, 0.3) is 0 Å². The summed E-state index contributed by atoms with van der Waals surface area (Å²) in [6, 6.07) is 7.35. The summed E-state index contributed by atoms with van der Waals surface area (Å²) in [6.45, 7) is 3.21.